The summed E-state index contributed by atoms with van der Waals surface area (Å²) in [5.74, 6) is 0. The molecule has 0 bridgehead atoms. The summed E-state index contributed by atoms with van der Waals surface area (Å²) in [6, 6.07) is 121. The van der Waals surface area contributed by atoms with Gasteiger partial charge in [-0.25, -0.2) is 0 Å². The van der Waals surface area contributed by atoms with Crippen molar-refractivity contribution >= 4 is 21.5 Å². The van der Waals surface area contributed by atoms with Gasteiger partial charge in [0, 0.05) is 10.8 Å². The second-order valence-electron chi connectivity index (χ2n) is 29.0. The Balaban J connectivity index is 0.000000111. The highest BCUT2D eigenvalue weighted by atomic mass is 14.4. The Morgan fingerprint density at radius 3 is 1.22 bits per heavy atom. The van der Waals surface area contributed by atoms with Crippen molar-refractivity contribution in [3.63, 3.8) is 0 Å². The van der Waals surface area contributed by atoms with Crippen LogP contribution >= 0.6 is 0 Å². The van der Waals surface area contributed by atoms with Gasteiger partial charge in [0.2, 0.25) is 0 Å². The summed E-state index contributed by atoms with van der Waals surface area (Å²) < 4.78 is 0. The maximum absolute atomic E-state index is 2.33. The van der Waals surface area contributed by atoms with E-state index in [1.165, 1.54) is 166 Å². The number of aryl methyl sites for hydroxylation is 8. The number of hydrogen-bond acceptors (Lipinski definition) is 0. The molecule has 0 aromatic heterocycles. The van der Waals surface area contributed by atoms with Crippen LogP contribution in [0.25, 0.3) is 77.2 Å². The molecule has 0 fully saturated rings. The van der Waals surface area contributed by atoms with Gasteiger partial charge in [0.25, 0.3) is 0 Å². The quantitative estimate of drug-likeness (QED) is 0.154. The lowest BCUT2D eigenvalue weighted by Crippen LogP contribution is -2.14. The van der Waals surface area contributed by atoms with Crippen LogP contribution in [0.1, 0.15) is 117 Å². The highest BCUT2D eigenvalue weighted by Crippen LogP contribution is 2.50. The summed E-state index contributed by atoms with van der Waals surface area (Å²) >= 11 is 0. The molecule has 0 spiro atoms. The molecule has 0 saturated heterocycles. The van der Waals surface area contributed by atoms with Crippen molar-refractivity contribution in [2.75, 3.05) is 0 Å². The highest BCUT2D eigenvalue weighted by Gasteiger charge is 2.36. The van der Waals surface area contributed by atoms with Crippen molar-refractivity contribution in [3.8, 4) is 55.6 Å². The first-order chi connectivity index (χ1) is 49.4. The third kappa shape index (κ3) is 16.5. The lowest BCUT2D eigenvalue weighted by Gasteiger charge is -2.21. The summed E-state index contributed by atoms with van der Waals surface area (Å²) in [7, 11) is 0. The minimum atomic E-state index is 0.151. The molecule has 0 radical (unpaired) electrons. The SMILES string of the molecule is Cc1ccc(-c2ccccc2)cc1.Cc1ccc2c(c1)-c1ccccc1C2.Cc1ccc2c(c1)-c1ccccc1C2(C)C.Cc1ccc2c(c1)C(C)(C)c1ccccc1-2.Cc1ccc2c(c1)Cc1ccccc1-2.Cc1ccc2ccccc2c1.Cc1cccc2ccccc12.Cc1ccccc1. The number of benzene rings is 15. The van der Waals surface area contributed by atoms with Gasteiger partial charge < -0.3 is 0 Å². The maximum Gasteiger partial charge on any atom is 0.0158 e. The van der Waals surface area contributed by atoms with Crippen molar-refractivity contribution in [1.82, 2.24) is 0 Å². The van der Waals surface area contributed by atoms with Crippen LogP contribution in [0, 0.1) is 55.4 Å². The molecule has 15 aromatic carbocycles. The van der Waals surface area contributed by atoms with Crippen LogP contribution in [0.2, 0.25) is 0 Å². The van der Waals surface area contributed by atoms with E-state index in [0.29, 0.717) is 0 Å². The van der Waals surface area contributed by atoms with Crippen molar-refractivity contribution in [1.29, 1.82) is 0 Å². The van der Waals surface area contributed by atoms with E-state index in [4.69, 9.17) is 0 Å². The molecule has 15 aromatic rings. The first-order valence-electron chi connectivity index (χ1n) is 36.2. The Labute approximate surface area is 608 Å². The van der Waals surface area contributed by atoms with Gasteiger partial charge in [-0.15, -0.1) is 0 Å². The Morgan fingerprint density at radius 1 is 0.196 bits per heavy atom. The van der Waals surface area contributed by atoms with Gasteiger partial charge in [-0.3, -0.25) is 0 Å². The van der Waals surface area contributed by atoms with Gasteiger partial charge in [0.1, 0.15) is 0 Å². The monoisotopic (exact) mass is 1320 g/mol. The first-order valence-corrected chi connectivity index (χ1v) is 36.2. The van der Waals surface area contributed by atoms with Gasteiger partial charge in [-0.2, -0.15) is 0 Å². The van der Waals surface area contributed by atoms with Crippen LogP contribution in [-0.4, -0.2) is 0 Å². The summed E-state index contributed by atoms with van der Waals surface area (Å²) in [6.45, 7) is 26.3. The second kappa shape index (κ2) is 32.0. The fourth-order valence-electron chi connectivity index (χ4n) is 14.8. The van der Waals surface area contributed by atoms with Gasteiger partial charge in [0.05, 0.1) is 0 Å². The molecule has 0 saturated carbocycles. The van der Waals surface area contributed by atoms with Gasteiger partial charge in [-0.1, -0.05) is 406 Å². The molecule has 102 heavy (non-hydrogen) atoms. The summed E-state index contributed by atoms with van der Waals surface area (Å²) in [5.41, 5.74) is 36.6. The van der Waals surface area contributed by atoms with Crippen LogP contribution in [0.15, 0.2) is 340 Å². The zero-order valence-corrected chi connectivity index (χ0v) is 61.7. The first kappa shape index (κ1) is 70.7. The molecule has 19 rings (SSSR count). The minimum absolute atomic E-state index is 0.151. The van der Waals surface area contributed by atoms with E-state index in [2.05, 4.69) is 399 Å². The van der Waals surface area contributed by atoms with Gasteiger partial charge >= 0.3 is 0 Å². The molecule has 4 aliphatic carbocycles. The normalized spacial score (nSPS) is 12.4. The van der Waals surface area contributed by atoms with Crippen LogP contribution in [0.4, 0.5) is 0 Å². The minimum Gasteiger partial charge on any atom is -0.0622 e. The van der Waals surface area contributed by atoms with E-state index >= 15 is 0 Å². The third-order valence-electron chi connectivity index (χ3n) is 20.4. The number of fused-ring (bicyclic) bond motifs is 14. The van der Waals surface area contributed by atoms with Crippen LogP contribution < -0.4 is 0 Å². The average Bonchev–Trinajstić information content (AvgIpc) is 1.60. The topological polar surface area (TPSA) is 0 Å². The van der Waals surface area contributed by atoms with E-state index in [9.17, 15) is 0 Å². The predicted molar refractivity (Wildman–Crippen MR) is 441 cm³/mol. The molecule has 0 nitrogen and oxygen atoms in total. The fourth-order valence-corrected chi connectivity index (χ4v) is 14.8. The lowest BCUT2D eigenvalue weighted by molar-refractivity contribution is 0.660. The Morgan fingerprint density at radius 2 is 0.578 bits per heavy atom. The zero-order chi connectivity index (χ0) is 71.3. The van der Waals surface area contributed by atoms with Gasteiger partial charge in [0.15, 0.2) is 0 Å². The van der Waals surface area contributed by atoms with Crippen molar-refractivity contribution < 1.29 is 0 Å². The third-order valence-corrected chi connectivity index (χ3v) is 20.4. The van der Waals surface area contributed by atoms with Gasteiger partial charge in [-0.05, 0) is 195 Å². The molecule has 0 heterocycles. The smallest absolute Gasteiger partial charge is 0.0158 e. The zero-order valence-electron chi connectivity index (χ0n) is 61.7. The molecule has 0 amide bonds. The van der Waals surface area contributed by atoms with Crippen LogP contribution in [0.3, 0.4) is 0 Å². The molecule has 0 unspecified atom stereocenters. The summed E-state index contributed by atoms with van der Waals surface area (Å²) in [4.78, 5) is 0. The molecular formula is C102H96. The summed E-state index contributed by atoms with van der Waals surface area (Å²) in [6.07, 6.45) is 2.21. The Kier molecular flexibility index (Phi) is 22.2. The molecule has 504 valence electrons. The Hall–Kier alpha value is -11.2. The molecule has 0 N–H and O–H groups in total. The predicted octanol–water partition coefficient (Wildman–Crippen LogP) is 27.7. The van der Waals surface area contributed by atoms with E-state index in [-0.39, 0.29) is 10.8 Å². The van der Waals surface area contributed by atoms with E-state index in [1.54, 1.807) is 0 Å². The van der Waals surface area contributed by atoms with E-state index < -0.39 is 0 Å². The summed E-state index contributed by atoms with van der Waals surface area (Å²) in [5, 5.41) is 5.33. The average molecular weight is 1320 g/mol. The van der Waals surface area contributed by atoms with Crippen molar-refractivity contribution in [2.24, 2.45) is 0 Å². The standard InChI is InChI=1S/2C16H16.2C14H12.C13H12.2C11H10.C7H8/c1-11-8-9-15-13(10-11)12-6-4-5-7-14(12)16(15,2)3;1-11-8-9-13-12-6-4-5-7-14(12)16(2,3)15(13)10-11;1-10-6-7-14-12(8-10)9-11-4-2-3-5-13(11)14;1-10-6-7-12-9-11-4-2-3-5-13(11)14(12)8-10;1-11-7-9-13(10-8-11)12-5-3-2-4-6-12;1-9-5-4-7-10-6-2-3-8-11(9)10;1-9-6-7-10-4-2-3-5-11(10)8-9;1-7-5-3-2-4-6-7/h2*4-10H,1-3H3;2*2-8H,9H2,1H3;2-10H,1H3;2*2-8H,1H3;2-6H,1H3. The number of hydrogen-bond donors (Lipinski definition) is 0. The molecule has 0 atom stereocenters. The Bertz CT molecular complexity index is 5340. The van der Waals surface area contributed by atoms with Crippen molar-refractivity contribution in [3.05, 3.63) is 429 Å². The number of rotatable bonds is 1. The lowest BCUT2D eigenvalue weighted by atomic mass is 9.82. The van der Waals surface area contributed by atoms with Crippen LogP contribution in [0.5, 0.6) is 0 Å². The molecule has 0 heteroatoms. The molecular weight excluding hydrogens is 1230 g/mol. The fraction of sp³-hybridized carbons (Fsp3) is 0.157. The van der Waals surface area contributed by atoms with Crippen LogP contribution in [-0.2, 0) is 23.7 Å². The highest BCUT2D eigenvalue weighted by molar-refractivity contribution is 5.86. The maximum atomic E-state index is 2.33. The largest absolute Gasteiger partial charge is 0.0622 e. The van der Waals surface area contributed by atoms with E-state index in [0.717, 1.165) is 12.8 Å². The second-order valence-corrected chi connectivity index (χ2v) is 29.0. The molecule has 4 aliphatic rings. The van der Waals surface area contributed by atoms with Crippen molar-refractivity contribution in [2.45, 2.75) is 107 Å². The van der Waals surface area contributed by atoms with E-state index in [1.807, 2.05) is 24.3 Å². The molecule has 0 aliphatic heterocycles.